The predicted octanol–water partition coefficient (Wildman–Crippen LogP) is 2.90. The van der Waals surface area contributed by atoms with Gasteiger partial charge in [0.25, 0.3) is 0 Å². The maximum atomic E-state index is 10.5. The van der Waals surface area contributed by atoms with Gasteiger partial charge < -0.3 is 14.6 Å². The van der Waals surface area contributed by atoms with Crippen LogP contribution in [0.2, 0.25) is 0 Å². The lowest BCUT2D eigenvalue weighted by atomic mass is 9.99. The Hall–Kier alpha value is -1.91. The average molecular weight is 273 g/mol. The van der Waals surface area contributed by atoms with E-state index in [1.165, 1.54) is 0 Å². The molecule has 0 fully saturated rings. The topological polar surface area (TPSA) is 51.6 Å². The Labute approximate surface area is 119 Å². The first-order valence-corrected chi connectivity index (χ1v) is 6.59. The van der Waals surface area contributed by atoms with Gasteiger partial charge in [0.05, 0.1) is 12.8 Å². The summed E-state index contributed by atoms with van der Waals surface area (Å²) in [6, 6.07) is 11.4. The maximum Gasteiger partial charge on any atom is 0.137 e. The fourth-order valence-corrected chi connectivity index (χ4v) is 2.11. The Bertz CT molecular complexity index is 530. The van der Waals surface area contributed by atoms with Crippen molar-refractivity contribution in [2.75, 3.05) is 13.7 Å². The van der Waals surface area contributed by atoms with Gasteiger partial charge in [-0.05, 0) is 18.6 Å². The SMILES string of the molecule is CCOc1cncc(C(O)C(OC)c2ccccc2)c1. The quantitative estimate of drug-likeness (QED) is 0.879. The zero-order chi connectivity index (χ0) is 14.4. The van der Waals surface area contributed by atoms with Crippen LogP contribution in [0.4, 0.5) is 0 Å². The zero-order valence-electron chi connectivity index (χ0n) is 11.7. The number of aliphatic hydroxyl groups excluding tert-OH is 1. The summed E-state index contributed by atoms with van der Waals surface area (Å²) in [5.74, 6) is 0.645. The van der Waals surface area contributed by atoms with E-state index < -0.39 is 12.2 Å². The van der Waals surface area contributed by atoms with E-state index in [4.69, 9.17) is 9.47 Å². The van der Waals surface area contributed by atoms with Crippen molar-refractivity contribution in [1.29, 1.82) is 0 Å². The maximum absolute atomic E-state index is 10.5. The number of ether oxygens (including phenoxy) is 2. The van der Waals surface area contributed by atoms with Gasteiger partial charge in [-0.1, -0.05) is 30.3 Å². The summed E-state index contributed by atoms with van der Waals surface area (Å²) >= 11 is 0. The zero-order valence-corrected chi connectivity index (χ0v) is 11.7. The molecule has 106 valence electrons. The van der Waals surface area contributed by atoms with E-state index in [2.05, 4.69) is 4.98 Å². The molecule has 0 amide bonds. The number of rotatable bonds is 6. The molecule has 0 radical (unpaired) electrons. The standard InChI is InChI=1S/C16H19NO3/c1-3-20-14-9-13(10-17-11-14)15(18)16(19-2)12-7-5-4-6-8-12/h4-11,15-16,18H,3H2,1-2H3. The molecule has 1 aromatic heterocycles. The molecule has 1 aromatic carbocycles. The number of methoxy groups -OCH3 is 1. The molecule has 2 unspecified atom stereocenters. The Morgan fingerprint density at radius 1 is 1.15 bits per heavy atom. The third-order valence-corrected chi connectivity index (χ3v) is 3.06. The van der Waals surface area contributed by atoms with Crippen molar-refractivity contribution in [3.05, 3.63) is 59.9 Å². The minimum absolute atomic E-state index is 0.435. The first-order chi connectivity index (χ1) is 9.76. The highest BCUT2D eigenvalue weighted by Crippen LogP contribution is 2.32. The van der Waals surface area contributed by atoms with E-state index in [0.29, 0.717) is 17.9 Å². The van der Waals surface area contributed by atoms with Crippen LogP contribution in [0, 0.1) is 0 Å². The second-order valence-electron chi connectivity index (χ2n) is 4.40. The van der Waals surface area contributed by atoms with Crippen molar-refractivity contribution in [1.82, 2.24) is 4.98 Å². The van der Waals surface area contributed by atoms with Gasteiger partial charge in [-0.15, -0.1) is 0 Å². The number of aromatic nitrogens is 1. The lowest BCUT2D eigenvalue weighted by Crippen LogP contribution is -2.13. The van der Waals surface area contributed by atoms with Gasteiger partial charge in [-0.2, -0.15) is 0 Å². The molecule has 20 heavy (non-hydrogen) atoms. The summed E-state index contributed by atoms with van der Waals surface area (Å²) < 4.78 is 10.8. The van der Waals surface area contributed by atoms with Crippen LogP contribution in [0.25, 0.3) is 0 Å². The predicted molar refractivity (Wildman–Crippen MR) is 76.6 cm³/mol. The molecule has 0 saturated carbocycles. The summed E-state index contributed by atoms with van der Waals surface area (Å²) in [4.78, 5) is 4.09. The monoisotopic (exact) mass is 273 g/mol. The van der Waals surface area contributed by atoms with Crippen LogP contribution >= 0.6 is 0 Å². The van der Waals surface area contributed by atoms with E-state index in [9.17, 15) is 5.11 Å². The first kappa shape index (κ1) is 14.5. The van der Waals surface area contributed by atoms with Crippen LogP contribution in [0.1, 0.15) is 30.3 Å². The lowest BCUT2D eigenvalue weighted by Gasteiger charge is -2.22. The fourth-order valence-electron chi connectivity index (χ4n) is 2.11. The van der Waals surface area contributed by atoms with E-state index >= 15 is 0 Å². The summed E-state index contributed by atoms with van der Waals surface area (Å²) in [6.45, 7) is 2.47. The number of benzene rings is 1. The Morgan fingerprint density at radius 3 is 2.55 bits per heavy atom. The summed E-state index contributed by atoms with van der Waals surface area (Å²) in [7, 11) is 1.58. The highest BCUT2D eigenvalue weighted by atomic mass is 16.5. The largest absolute Gasteiger partial charge is 0.492 e. The van der Waals surface area contributed by atoms with Crippen molar-refractivity contribution in [3.8, 4) is 5.75 Å². The lowest BCUT2D eigenvalue weighted by molar-refractivity contribution is -0.0151. The second kappa shape index (κ2) is 7.03. The Morgan fingerprint density at radius 2 is 1.90 bits per heavy atom. The minimum Gasteiger partial charge on any atom is -0.492 e. The molecule has 0 bridgehead atoms. The highest BCUT2D eigenvalue weighted by molar-refractivity contribution is 5.28. The van der Waals surface area contributed by atoms with Crippen LogP contribution in [-0.4, -0.2) is 23.8 Å². The van der Waals surface area contributed by atoms with E-state index in [1.807, 2.05) is 37.3 Å². The van der Waals surface area contributed by atoms with Crippen molar-refractivity contribution in [2.45, 2.75) is 19.1 Å². The molecule has 0 saturated heterocycles. The van der Waals surface area contributed by atoms with Gasteiger partial charge in [-0.3, -0.25) is 4.98 Å². The molecular formula is C16H19NO3. The number of aliphatic hydroxyl groups is 1. The Balaban J connectivity index is 2.24. The molecule has 4 nitrogen and oxygen atoms in total. The third kappa shape index (κ3) is 3.35. The van der Waals surface area contributed by atoms with Crippen molar-refractivity contribution >= 4 is 0 Å². The molecule has 0 spiro atoms. The first-order valence-electron chi connectivity index (χ1n) is 6.59. The summed E-state index contributed by atoms with van der Waals surface area (Å²) in [5.41, 5.74) is 1.59. The molecule has 1 N–H and O–H groups in total. The number of pyridine rings is 1. The van der Waals surface area contributed by atoms with Crippen LogP contribution in [0.15, 0.2) is 48.8 Å². The molecular weight excluding hydrogens is 254 g/mol. The van der Waals surface area contributed by atoms with Crippen LogP contribution in [-0.2, 0) is 4.74 Å². The van der Waals surface area contributed by atoms with Gasteiger partial charge >= 0.3 is 0 Å². The van der Waals surface area contributed by atoms with E-state index in [1.54, 1.807) is 25.6 Å². The molecule has 1 heterocycles. The molecule has 0 aliphatic rings. The van der Waals surface area contributed by atoms with Gasteiger partial charge in [0.1, 0.15) is 18.0 Å². The molecule has 0 aliphatic carbocycles. The van der Waals surface area contributed by atoms with Crippen LogP contribution in [0.5, 0.6) is 5.75 Å². The van der Waals surface area contributed by atoms with Gasteiger partial charge in [0.2, 0.25) is 0 Å². The van der Waals surface area contributed by atoms with Crippen molar-refractivity contribution in [2.24, 2.45) is 0 Å². The summed E-state index contributed by atoms with van der Waals surface area (Å²) in [6.07, 6.45) is 2.02. The van der Waals surface area contributed by atoms with E-state index in [0.717, 1.165) is 5.56 Å². The van der Waals surface area contributed by atoms with E-state index in [-0.39, 0.29) is 0 Å². The second-order valence-corrected chi connectivity index (χ2v) is 4.40. The third-order valence-electron chi connectivity index (χ3n) is 3.06. The smallest absolute Gasteiger partial charge is 0.137 e. The molecule has 2 atom stereocenters. The number of hydrogen-bond acceptors (Lipinski definition) is 4. The van der Waals surface area contributed by atoms with Gasteiger partial charge in [-0.25, -0.2) is 0 Å². The van der Waals surface area contributed by atoms with Crippen LogP contribution in [0.3, 0.4) is 0 Å². The Kier molecular flexibility index (Phi) is 5.09. The molecule has 4 heteroatoms. The minimum atomic E-state index is -0.796. The summed E-state index contributed by atoms with van der Waals surface area (Å²) in [5, 5.41) is 10.5. The highest BCUT2D eigenvalue weighted by Gasteiger charge is 2.23. The number of nitrogens with zero attached hydrogens (tertiary/aromatic N) is 1. The average Bonchev–Trinajstić information content (AvgIpc) is 2.50. The van der Waals surface area contributed by atoms with Crippen molar-refractivity contribution < 1.29 is 14.6 Å². The van der Waals surface area contributed by atoms with Crippen LogP contribution < -0.4 is 4.74 Å². The van der Waals surface area contributed by atoms with Gasteiger partial charge in [0.15, 0.2) is 0 Å². The fraction of sp³-hybridized carbons (Fsp3) is 0.312. The molecule has 2 aromatic rings. The van der Waals surface area contributed by atoms with Crippen molar-refractivity contribution in [3.63, 3.8) is 0 Å². The normalized spacial score (nSPS) is 13.8. The molecule has 2 rings (SSSR count). The number of hydrogen-bond donors (Lipinski definition) is 1. The molecule has 0 aliphatic heterocycles. The van der Waals surface area contributed by atoms with Gasteiger partial charge in [0, 0.05) is 18.9 Å².